The molecule has 4 rings (SSSR count). The van der Waals surface area contributed by atoms with Gasteiger partial charge in [-0.2, -0.15) is 0 Å². The van der Waals surface area contributed by atoms with E-state index < -0.39 is 0 Å². The van der Waals surface area contributed by atoms with Gasteiger partial charge < -0.3 is 16.0 Å². The van der Waals surface area contributed by atoms with E-state index in [1.807, 2.05) is 49.4 Å². The minimum Gasteiger partial charge on any atom is -0.371 e. The van der Waals surface area contributed by atoms with E-state index in [2.05, 4.69) is 34.5 Å². The zero-order valence-electron chi connectivity index (χ0n) is 17.2. The minimum absolute atomic E-state index is 0.101. The smallest absolute Gasteiger partial charge is 0.251 e. The number of amides is 2. The Balaban J connectivity index is 1.45. The molecular formula is C25H27N3O2. The highest BCUT2D eigenvalue weighted by atomic mass is 16.2. The van der Waals surface area contributed by atoms with Gasteiger partial charge in [0.05, 0.1) is 12.0 Å². The van der Waals surface area contributed by atoms with Crippen LogP contribution in [0.1, 0.15) is 41.7 Å². The molecule has 3 N–H and O–H groups in total. The van der Waals surface area contributed by atoms with E-state index in [4.69, 9.17) is 5.73 Å². The summed E-state index contributed by atoms with van der Waals surface area (Å²) in [5.41, 5.74) is 8.22. The van der Waals surface area contributed by atoms with Gasteiger partial charge in [-0.05, 0) is 60.4 Å². The van der Waals surface area contributed by atoms with Crippen molar-refractivity contribution in [1.82, 2.24) is 5.32 Å². The van der Waals surface area contributed by atoms with Gasteiger partial charge in [-0.25, -0.2) is 0 Å². The van der Waals surface area contributed by atoms with Gasteiger partial charge in [0.15, 0.2) is 0 Å². The van der Waals surface area contributed by atoms with Crippen molar-refractivity contribution < 1.29 is 9.59 Å². The number of rotatable bonds is 5. The number of carbonyl (C=O) groups is 2. The number of hydrogen-bond acceptors (Lipinski definition) is 3. The molecular weight excluding hydrogens is 374 g/mol. The second-order valence-corrected chi connectivity index (χ2v) is 8.00. The van der Waals surface area contributed by atoms with E-state index in [9.17, 15) is 9.59 Å². The Labute approximate surface area is 176 Å². The van der Waals surface area contributed by atoms with Gasteiger partial charge in [0.2, 0.25) is 5.91 Å². The van der Waals surface area contributed by atoms with Crippen molar-refractivity contribution in [2.75, 3.05) is 18.0 Å². The van der Waals surface area contributed by atoms with Crippen molar-refractivity contribution in [3.8, 4) is 0 Å². The zero-order chi connectivity index (χ0) is 21.1. The summed E-state index contributed by atoms with van der Waals surface area (Å²) in [7, 11) is 0. The normalized spacial score (nSPS) is 17.5. The fourth-order valence-corrected chi connectivity index (χ4v) is 4.25. The average Bonchev–Trinajstić information content (AvgIpc) is 2.78. The monoisotopic (exact) mass is 401 g/mol. The van der Waals surface area contributed by atoms with Crippen LogP contribution in [0.3, 0.4) is 0 Å². The van der Waals surface area contributed by atoms with E-state index in [0.29, 0.717) is 12.1 Å². The van der Waals surface area contributed by atoms with E-state index in [-0.39, 0.29) is 23.8 Å². The van der Waals surface area contributed by atoms with Crippen LogP contribution in [0.5, 0.6) is 0 Å². The Kier molecular flexibility index (Phi) is 5.70. The first kappa shape index (κ1) is 20.0. The van der Waals surface area contributed by atoms with Crippen LogP contribution in [0.2, 0.25) is 0 Å². The maximum absolute atomic E-state index is 12.8. The van der Waals surface area contributed by atoms with Crippen LogP contribution in [0, 0.1) is 5.92 Å². The molecule has 5 nitrogen and oxygen atoms in total. The summed E-state index contributed by atoms with van der Waals surface area (Å²) in [5.74, 6) is -0.447. The minimum atomic E-state index is -0.238. The topological polar surface area (TPSA) is 75.4 Å². The molecule has 1 fully saturated rings. The van der Waals surface area contributed by atoms with Gasteiger partial charge in [-0.3, -0.25) is 9.59 Å². The van der Waals surface area contributed by atoms with Crippen molar-refractivity contribution in [1.29, 1.82) is 0 Å². The SMILES string of the molecule is C[C@@H](NC(=O)c1ccc(N2CCC[C@H](C(N)=O)C2)cc1)c1cccc2ccccc12. The highest BCUT2D eigenvalue weighted by Crippen LogP contribution is 2.26. The second kappa shape index (κ2) is 8.57. The van der Waals surface area contributed by atoms with E-state index >= 15 is 0 Å². The number of benzene rings is 3. The number of nitrogens with one attached hydrogen (secondary N) is 1. The van der Waals surface area contributed by atoms with Crippen LogP contribution in [0.15, 0.2) is 66.7 Å². The highest BCUT2D eigenvalue weighted by molar-refractivity contribution is 5.95. The molecule has 0 bridgehead atoms. The molecule has 0 aliphatic carbocycles. The maximum Gasteiger partial charge on any atom is 0.251 e. The van der Waals surface area contributed by atoms with Crippen LogP contribution in [-0.2, 0) is 4.79 Å². The van der Waals surface area contributed by atoms with Crippen LogP contribution >= 0.6 is 0 Å². The van der Waals surface area contributed by atoms with Crippen molar-refractivity contribution in [2.24, 2.45) is 11.7 Å². The predicted octanol–water partition coefficient (Wildman–Crippen LogP) is 4.03. The molecule has 0 radical (unpaired) electrons. The molecule has 5 heteroatoms. The zero-order valence-corrected chi connectivity index (χ0v) is 17.2. The highest BCUT2D eigenvalue weighted by Gasteiger charge is 2.24. The lowest BCUT2D eigenvalue weighted by Gasteiger charge is -2.33. The van der Waals surface area contributed by atoms with Gasteiger partial charge in [-0.15, -0.1) is 0 Å². The number of piperidine rings is 1. The third-order valence-corrected chi connectivity index (χ3v) is 5.96. The van der Waals surface area contributed by atoms with Crippen molar-refractivity contribution in [3.63, 3.8) is 0 Å². The van der Waals surface area contributed by atoms with Gasteiger partial charge >= 0.3 is 0 Å². The lowest BCUT2D eigenvalue weighted by molar-refractivity contribution is -0.122. The lowest BCUT2D eigenvalue weighted by Crippen LogP contribution is -2.41. The molecule has 1 heterocycles. The Bertz CT molecular complexity index is 1060. The number of carbonyl (C=O) groups excluding carboxylic acids is 2. The number of nitrogens with zero attached hydrogens (tertiary/aromatic N) is 1. The number of nitrogens with two attached hydrogens (primary N) is 1. The van der Waals surface area contributed by atoms with E-state index in [1.165, 1.54) is 0 Å². The van der Waals surface area contributed by atoms with Crippen LogP contribution in [-0.4, -0.2) is 24.9 Å². The van der Waals surface area contributed by atoms with Crippen LogP contribution in [0.25, 0.3) is 10.8 Å². The molecule has 3 aromatic rings. The molecule has 2 atom stereocenters. The van der Waals surface area contributed by atoms with Crippen molar-refractivity contribution >= 4 is 28.3 Å². The Morgan fingerprint density at radius 2 is 1.77 bits per heavy atom. The summed E-state index contributed by atoms with van der Waals surface area (Å²) in [6, 6.07) is 21.8. The number of hydrogen-bond donors (Lipinski definition) is 2. The first-order chi connectivity index (χ1) is 14.5. The fourth-order valence-electron chi connectivity index (χ4n) is 4.25. The summed E-state index contributed by atoms with van der Waals surface area (Å²) < 4.78 is 0. The molecule has 0 spiro atoms. The number of fused-ring (bicyclic) bond motifs is 1. The molecule has 0 saturated carbocycles. The lowest BCUT2D eigenvalue weighted by atomic mass is 9.97. The van der Waals surface area contributed by atoms with E-state index in [1.54, 1.807) is 0 Å². The van der Waals surface area contributed by atoms with Gasteiger partial charge in [0.1, 0.15) is 0 Å². The van der Waals surface area contributed by atoms with Gasteiger partial charge in [-0.1, -0.05) is 42.5 Å². The number of anilines is 1. The van der Waals surface area contributed by atoms with Crippen LogP contribution < -0.4 is 16.0 Å². The maximum atomic E-state index is 12.8. The van der Waals surface area contributed by atoms with Gasteiger partial charge in [0.25, 0.3) is 5.91 Å². The third-order valence-electron chi connectivity index (χ3n) is 5.96. The fraction of sp³-hybridized carbons (Fsp3) is 0.280. The Morgan fingerprint density at radius 1 is 1.03 bits per heavy atom. The van der Waals surface area contributed by atoms with Gasteiger partial charge in [0, 0.05) is 24.3 Å². The molecule has 1 aliphatic rings. The second-order valence-electron chi connectivity index (χ2n) is 8.00. The summed E-state index contributed by atoms with van der Waals surface area (Å²) >= 11 is 0. The summed E-state index contributed by atoms with van der Waals surface area (Å²) in [6.45, 7) is 3.54. The van der Waals surface area contributed by atoms with E-state index in [0.717, 1.165) is 41.4 Å². The molecule has 2 amide bonds. The molecule has 1 saturated heterocycles. The Morgan fingerprint density at radius 3 is 2.53 bits per heavy atom. The first-order valence-electron chi connectivity index (χ1n) is 10.5. The molecule has 154 valence electrons. The standard InChI is InChI=1S/C25H27N3O2/c1-17(22-10-4-7-18-6-2-3-9-23(18)22)27-25(30)19-11-13-21(14-12-19)28-15-5-8-20(16-28)24(26)29/h2-4,6-7,9-14,17,20H,5,8,15-16H2,1H3,(H2,26,29)(H,27,30)/t17-,20+/m1/s1. The predicted molar refractivity (Wildman–Crippen MR) is 120 cm³/mol. The molecule has 0 aromatic heterocycles. The number of primary amides is 1. The summed E-state index contributed by atoms with van der Waals surface area (Å²) in [6.07, 6.45) is 1.79. The summed E-state index contributed by atoms with van der Waals surface area (Å²) in [5, 5.41) is 5.43. The average molecular weight is 402 g/mol. The first-order valence-corrected chi connectivity index (χ1v) is 10.5. The van der Waals surface area contributed by atoms with Crippen molar-refractivity contribution in [3.05, 3.63) is 77.9 Å². The molecule has 3 aromatic carbocycles. The molecule has 30 heavy (non-hydrogen) atoms. The molecule has 1 aliphatic heterocycles. The van der Waals surface area contributed by atoms with Crippen molar-refractivity contribution in [2.45, 2.75) is 25.8 Å². The summed E-state index contributed by atoms with van der Waals surface area (Å²) in [4.78, 5) is 26.5. The van der Waals surface area contributed by atoms with Crippen LogP contribution in [0.4, 0.5) is 5.69 Å². The largest absolute Gasteiger partial charge is 0.371 e. The quantitative estimate of drug-likeness (QED) is 0.678. The third kappa shape index (κ3) is 4.15. The Hall–Kier alpha value is -3.34. The molecule has 0 unspecified atom stereocenters.